The van der Waals surface area contributed by atoms with Gasteiger partial charge in [0, 0.05) is 13.1 Å². The lowest BCUT2D eigenvalue weighted by atomic mass is 9.95. The van der Waals surface area contributed by atoms with Gasteiger partial charge in [0.15, 0.2) is 0 Å². The topological polar surface area (TPSA) is 78.4 Å². The summed E-state index contributed by atoms with van der Waals surface area (Å²) in [5.74, 6) is -0.795. The molecule has 1 aliphatic heterocycles. The van der Waals surface area contributed by atoms with Crippen LogP contribution < -0.4 is 10.0 Å². The van der Waals surface area contributed by atoms with Gasteiger partial charge < -0.3 is 10.4 Å². The first kappa shape index (κ1) is 18.3. The van der Waals surface area contributed by atoms with Crippen LogP contribution in [0, 0.1) is 12.7 Å². The highest BCUT2D eigenvalue weighted by Crippen LogP contribution is 2.18. The number of piperidine rings is 1. The Labute approximate surface area is 130 Å². The van der Waals surface area contributed by atoms with Gasteiger partial charge in [0.05, 0.1) is 5.60 Å². The highest BCUT2D eigenvalue weighted by Gasteiger charge is 2.31. The van der Waals surface area contributed by atoms with Crippen molar-refractivity contribution in [2.24, 2.45) is 0 Å². The molecule has 5 nitrogen and oxygen atoms in total. The molecule has 1 atom stereocenters. The van der Waals surface area contributed by atoms with Crippen LogP contribution in [0.1, 0.15) is 18.4 Å². The lowest BCUT2D eigenvalue weighted by Gasteiger charge is -2.32. The zero-order valence-electron chi connectivity index (χ0n) is 11.7. The van der Waals surface area contributed by atoms with Gasteiger partial charge in [-0.3, -0.25) is 0 Å². The summed E-state index contributed by atoms with van der Waals surface area (Å²) in [6, 6.07) is 3.91. The molecule has 1 aromatic rings. The summed E-state index contributed by atoms with van der Waals surface area (Å²) in [5.41, 5.74) is -0.462. The number of benzene rings is 1. The lowest BCUT2D eigenvalue weighted by molar-refractivity contribution is 0.0218. The van der Waals surface area contributed by atoms with Crippen molar-refractivity contribution in [1.82, 2.24) is 10.0 Å². The molecule has 3 N–H and O–H groups in total. The van der Waals surface area contributed by atoms with E-state index in [1.165, 1.54) is 12.1 Å². The van der Waals surface area contributed by atoms with Gasteiger partial charge in [-0.15, -0.1) is 12.4 Å². The Morgan fingerprint density at radius 3 is 2.81 bits per heavy atom. The van der Waals surface area contributed by atoms with Crippen LogP contribution in [0.5, 0.6) is 0 Å². The average Bonchev–Trinajstić information content (AvgIpc) is 2.40. The molecule has 0 aliphatic carbocycles. The minimum absolute atomic E-state index is 0. The summed E-state index contributed by atoms with van der Waals surface area (Å²) in [5, 5.41) is 13.2. The van der Waals surface area contributed by atoms with Crippen LogP contribution >= 0.6 is 12.4 Å². The van der Waals surface area contributed by atoms with E-state index in [-0.39, 0.29) is 23.8 Å². The molecular formula is C13H20ClFN2O3S. The van der Waals surface area contributed by atoms with Crippen LogP contribution in [-0.2, 0) is 10.0 Å². The van der Waals surface area contributed by atoms with Crippen LogP contribution in [0.25, 0.3) is 0 Å². The van der Waals surface area contributed by atoms with E-state index in [1.54, 1.807) is 6.92 Å². The predicted molar refractivity (Wildman–Crippen MR) is 80.6 cm³/mol. The molecule has 0 amide bonds. The molecule has 0 saturated carbocycles. The Kier molecular flexibility index (Phi) is 6.12. The summed E-state index contributed by atoms with van der Waals surface area (Å²) >= 11 is 0. The van der Waals surface area contributed by atoms with E-state index in [4.69, 9.17) is 0 Å². The van der Waals surface area contributed by atoms with E-state index >= 15 is 0 Å². The first-order valence-corrected chi connectivity index (χ1v) is 8.00. The number of aryl methyl sites for hydroxylation is 1. The van der Waals surface area contributed by atoms with Crippen molar-refractivity contribution in [3.05, 3.63) is 29.6 Å². The zero-order valence-corrected chi connectivity index (χ0v) is 13.4. The van der Waals surface area contributed by atoms with Crippen molar-refractivity contribution in [1.29, 1.82) is 0 Å². The van der Waals surface area contributed by atoms with E-state index in [9.17, 15) is 17.9 Å². The van der Waals surface area contributed by atoms with Crippen molar-refractivity contribution >= 4 is 22.4 Å². The number of nitrogens with one attached hydrogen (secondary N) is 2. The molecular weight excluding hydrogens is 319 g/mol. The smallest absolute Gasteiger partial charge is 0.243 e. The molecule has 1 unspecified atom stereocenters. The number of halogens is 2. The van der Waals surface area contributed by atoms with Crippen LogP contribution in [-0.4, -0.2) is 38.8 Å². The van der Waals surface area contributed by atoms with Gasteiger partial charge in [-0.2, -0.15) is 0 Å². The summed E-state index contributed by atoms with van der Waals surface area (Å²) in [6.07, 6.45) is 1.29. The van der Waals surface area contributed by atoms with Crippen molar-refractivity contribution < 1.29 is 17.9 Å². The molecule has 1 aromatic carbocycles. The molecule has 0 spiro atoms. The van der Waals surface area contributed by atoms with Gasteiger partial charge in [-0.25, -0.2) is 17.5 Å². The fourth-order valence-electron chi connectivity index (χ4n) is 2.23. The average molecular weight is 339 g/mol. The van der Waals surface area contributed by atoms with Gasteiger partial charge in [0.1, 0.15) is 10.7 Å². The van der Waals surface area contributed by atoms with Crippen LogP contribution in [0.15, 0.2) is 23.1 Å². The van der Waals surface area contributed by atoms with Crippen molar-refractivity contribution in [2.75, 3.05) is 19.6 Å². The van der Waals surface area contributed by atoms with Gasteiger partial charge in [-0.05, 0) is 44.0 Å². The second kappa shape index (κ2) is 7.02. The predicted octanol–water partition coefficient (Wildman–Crippen LogP) is 0.949. The van der Waals surface area contributed by atoms with Gasteiger partial charge in [0.25, 0.3) is 0 Å². The quantitative estimate of drug-likeness (QED) is 0.763. The number of β-amino-alcohol motifs (C(OH)–C–C–N with tert-alkyl or cyclic N) is 1. The lowest BCUT2D eigenvalue weighted by Crippen LogP contribution is -2.52. The summed E-state index contributed by atoms with van der Waals surface area (Å²) in [7, 11) is -3.96. The summed E-state index contributed by atoms with van der Waals surface area (Å²) in [4.78, 5) is -0.384. The van der Waals surface area contributed by atoms with E-state index in [0.29, 0.717) is 18.5 Å². The second-order valence-electron chi connectivity index (χ2n) is 5.26. The third kappa shape index (κ3) is 4.62. The molecule has 1 saturated heterocycles. The van der Waals surface area contributed by atoms with Crippen molar-refractivity contribution in [3.63, 3.8) is 0 Å². The van der Waals surface area contributed by atoms with Gasteiger partial charge in [-0.1, -0.05) is 6.07 Å². The highest BCUT2D eigenvalue weighted by molar-refractivity contribution is 7.89. The fourth-order valence-corrected chi connectivity index (χ4v) is 3.51. The maximum atomic E-state index is 13.6. The molecule has 1 heterocycles. The molecule has 2 rings (SSSR count). The van der Waals surface area contributed by atoms with Gasteiger partial charge >= 0.3 is 0 Å². The molecule has 0 aromatic heterocycles. The first-order valence-electron chi connectivity index (χ1n) is 6.51. The number of hydrogen-bond acceptors (Lipinski definition) is 4. The minimum Gasteiger partial charge on any atom is -0.387 e. The van der Waals surface area contributed by atoms with E-state index in [2.05, 4.69) is 10.0 Å². The normalized spacial score (nSPS) is 22.6. The van der Waals surface area contributed by atoms with Crippen LogP contribution in [0.2, 0.25) is 0 Å². The molecule has 120 valence electrons. The largest absolute Gasteiger partial charge is 0.387 e. The van der Waals surface area contributed by atoms with Crippen LogP contribution in [0.4, 0.5) is 4.39 Å². The first-order chi connectivity index (χ1) is 9.32. The van der Waals surface area contributed by atoms with E-state index in [0.717, 1.165) is 19.0 Å². The third-order valence-corrected chi connectivity index (χ3v) is 4.83. The summed E-state index contributed by atoms with van der Waals surface area (Å²) < 4.78 is 40.1. The number of sulfonamides is 1. The molecule has 0 bridgehead atoms. The molecule has 21 heavy (non-hydrogen) atoms. The summed E-state index contributed by atoms with van der Waals surface area (Å²) in [6.45, 7) is 2.69. The second-order valence-corrected chi connectivity index (χ2v) is 7.00. The Balaban J connectivity index is 0.00000220. The Bertz CT molecular complexity index is 589. The van der Waals surface area contributed by atoms with Crippen molar-refractivity contribution in [2.45, 2.75) is 30.3 Å². The molecule has 0 radical (unpaired) electrons. The van der Waals surface area contributed by atoms with E-state index < -0.39 is 21.4 Å². The van der Waals surface area contributed by atoms with Crippen molar-refractivity contribution in [3.8, 4) is 0 Å². The zero-order chi connectivity index (χ0) is 14.8. The SMILES string of the molecule is Cc1ccc(F)c(S(=O)(=O)NCC2(O)CCCNC2)c1.Cl. The number of rotatable bonds is 4. The molecule has 1 aliphatic rings. The van der Waals surface area contributed by atoms with E-state index in [1.807, 2.05) is 0 Å². The Morgan fingerprint density at radius 2 is 2.19 bits per heavy atom. The maximum Gasteiger partial charge on any atom is 0.243 e. The molecule has 8 heteroatoms. The third-order valence-electron chi connectivity index (χ3n) is 3.42. The monoisotopic (exact) mass is 338 g/mol. The Hall–Kier alpha value is -0.730. The number of hydrogen-bond donors (Lipinski definition) is 3. The van der Waals surface area contributed by atoms with Gasteiger partial charge in [0.2, 0.25) is 10.0 Å². The highest BCUT2D eigenvalue weighted by atomic mass is 35.5. The standard InChI is InChI=1S/C13H19FN2O3S.ClH/c1-10-3-4-11(14)12(7-10)20(18,19)16-9-13(17)5-2-6-15-8-13;/h3-4,7,15-17H,2,5-6,8-9H2,1H3;1H. The minimum atomic E-state index is -3.96. The fraction of sp³-hybridized carbons (Fsp3) is 0.538. The van der Waals surface area contributed by atoms with Crippen LogP contribution in [0.3, 0.4) is 0 Å². The number of aliphatic hydroxyl groups is 1. The molecule has 1 fully saturated rings. The maximum absolute atomic E-state index is 13.6. The Morgan fingerprint density at radius 1 is 1.48 bits per heavy atom.